The molecule has 0 saturated heterocycles. The largest absolute Gasteiger partial charge is 0.573 e. The fourth-order valence-electron chi connectivity index (χ4n) is 2.30. The first-order chi connectivity index (χ1) is 14.2. The molecule has 0 unspecified atom stereocenters. The Morgan fingerprint density at radius 1 is 1.27 bits per heavy atom. The predicted molar refractivity (Wildman–Crippen MR) is 112 cm³/mol. The average Bonchev–Trinajstić information content (AvgIpc) is 3.30. The molecule has 0 radical (unpaired) electrons. The van der Waals surface area contributed by atoms with Crippen molar-refractivity contribution in [1.29, 1.82) is 0 Å². The maximum Gasteiger partial charge on any atom is 0.573 e. The molecule has 30 heavy (non-hydrogen) atoms. The number of aromatic nitrogens is 3. The van der Waals surface area contributed by atoms with E-state index in [2.05, 4.69) is 25.2 Å². The Bertz CT molecular complexity index is 991. The summed E-state index contributed by atoms with van der Waals surface area (Å²) in [6.45, 7) is 3.96. The van der Waals surface area contributed by atoms with Crippen LogP contribution in [0.2, 0.25) is 0 Å². The number of halogens is 3. The standard InChI is InChI=1S/C17H16F3N5O2S3/c1-3-25(10(2)26)15-22-12(8-28-15)9-29-16-24-23-14(30-16)21-11-4-6-13(7-5-11)27-17(18,19)20/h4-8H,3,9H2,1-2H3,(H,21,23). The molecule has 0 aliphatic heterocycles. The lowest BCUT2D eigenvalue weighted by Crippen LogP contribution is -2.27. The zero-order valence-corrected chi connectivity index (χ0v) is 18.2. The number of carbonyl (C=O) groups excluding carboxylic acids is 1. The third-order valence-electron chi connectivity index (χ3n) is 3.56. The van der Waals surface area contributed by atoms with Crippen LogP contribution in [0.5, 0.6) is 5.75 Å². The molecule has 0 aliphatic rings. The highest BCUT2D eigenvalue weighted by molar-refractivity contribution is 8.00. The Balaban J connectivity index is 1.54. The van der Waals surface area contributed by atoms with Crippen LogP contribution in [-0.2, 0) is 10.5 Å². The van der Waals surface area contributed by atoms with Crippen molar-refractivity contribution in [2.45, 2.75) is 30.3 Å². The van der Waals surface area contributed by atoms with E-state index < -0.39 is 6.36 Å². The predicted octanol–water partition coefficient (Wildman–Crippen LogP) is 5.30. The van der Waals surface area contributed by atoms with Crippen LogP contribution in [0, 0.1) is 0 Å². The van der Waals surface area contributed by atoms with Gasteiger partial charge in [-0.05, 0) is 31.2 Å². The first-order valence-electron chi connectivity index (χ1n) is 8.55. The highest BCUT2D eigenvalue weighted by atomic mass is 32.2. The van der Waals surface area contributed by atoms with E-state index in [4.69, 9.17) is 0 Å². The molecule has 0 aliphatic carbocycles. The third kappa shape index (κ3) is 6.31. The molecule has 0 fully saturated rings. The molecule has 0 bridgehead atoms. The van der Waals surface area contributed by atoms with Crippen molar-refractivity contribution in [1.82, 2.24) is 15.2 Å². The highest BCUT2D eigenvalue weighted by Crippen LogP contribution is 2.32. The number of hydrogen-bond acceptors (Lipinski definition) is 9. The monoisotopic (exact) mass is 475 g/mol. The summed E-state index contributed by atoms with van der Waals surface area (Å²) in [5, 5.41) is 14.2. The molecule has 1 N–H and O–H groups in total. The molecule has 1 aromatic carbocycles. The number of ether oxygens (including phenoxy) is 1. The van der Waals surface area contributed by atoms with E-state index in [1.165, 1.54) is 65.6 Å². The summed E-state index contributed by atoms with van der Waals surface area (Å²) in [6, 6.07) is 5.35. The zero-order chi connectivity index (χ0) is 21.7. The summed E-state index contributed by atoms with van der Waals surface area (Å²) in [7, 11) is 0. The van der Waals surface area contributed by atoms with Gasteiger partial charge in [0.2, 0.25) is 11.0 Å². The van der Waals surface area contributed by atoms with E-state index in [1.807, 2.05) is 12.3 Å². The van der Waals surface area contributed by atoms with Crippen molar-refractivity contribution in [3.63, 3.8) is 0 Å². The number of rotatable bonds is 8. The van der Waals surface area contributed by atoms with Gasteiger partial charge < -0.3 is 10.1 Å². The summed E-state index contributed by atoms with van der Waals surface area (Å²) >= 11 is 4.18. The minimum atomic E-state index is -4.72. The number of hydrogen-bond donors (Lipinski definition) is 1. The van der Waals surface area contributed by atoms with Crippen molar-refractivity contribution in [3.8, 4) is 5.75 Å². The minimum Gasteiger partial charge on any atom is -0.406 e. The number of amides is 1. The molecule has 0 atom stereocenters. The van der Waals surface area contributed by atoms with Gasteiger partial charge in [0.15, 0.2) is 9.47 Å². The molecule has 3 rings (SSSR count). The summed E-state index contributed by atoms with van der Waals surface area (Å²) in [5.41, 5.74) is 1.40. The van der Waals surface area contributed by atoms with Gasteiger partial charge in [0.25, 0.3) is 0 Å². The number of carbonyl (C=O) groups is 1. The van der Waals surface area contributed by atoms with Crippen LogP contribution in [0.1, 0.15) is 19.5 Å². The Labute approximate surface area is 182 Å². The molecule has 13 heteroatoms. The molecule has 2 heterocycles. The van der Waals surface area contributed by atoms with Crippen LogP contribution >= 0.6 is 34.4 Å². The zero-order valence-electron chi connectivity index (χ0n) is 15.8. The molecule has 160 valence electrons. The number of alkyl halides is 3. The van der Waals surface area contributed by atoms with Crippen LogP contribution in [0.25, 0.3) is 0 Å². The van der Waals surface area contributed by atoms with E-state index >= 15 is 0 Å². The van der Waals surface area contributed by atoms with E-state index in [9.17, 15) is 18.0 Å². The van der Waals surface area contributed by atoms with Gasteiger partial charge in [-0.15, -0.1) is 34.7 Å². The molecular formula is C17H16F3N5O2S3. The van der Waals surface area contributed by atoms with Gasteiger partial charge in [0.1, 0.15) is 5.75 Å². The van der Waals surface area contributed by atoms with Crippen molar-refractivity contribution in [3.05, 3.63) is 35.3 Å². The lowest BCUT2D eigenvalue weighted by molar-refractivity contribution is -0.274. The van der Waals surface area contributed by atoms with E-state index in [0.717, 1.165) is 5.69 Å². The Morgan fingerprint density at radius 3 is 2.63 bits per heavy atom. The van der Waals surface area contributed by atoms with Crippen molar-refractivity contribution in [2.24, 2.45) is 0 Å². The van der Waals surface area contributed by atoms with Gasteiger partial charge in [-0.25, -0.2) is 4.98 Å². The Morgan fingerprint density at radius 2 is 2.00 bits per heavy atom. The maximum absolute atomic E-state index is 12.2. The van der Waals surface area contributed by atoms with Gasteiger partial charge in [0, 0.05) is 30.3 Å². The minimum absolute atomic E-state index is 0.0519. The van der Waals surface area contributed by atoms with Gasteiger partial charge in [0.05, 0.1) is 5.69 Å². The number of nitrogens with zero attached hydrogens (tertiary/aromatic N) is 4. The van der Waals surface area contributed by atoms with Crippen LogP contribution in [0.15, 0.2) is 34.0 Å². The lowest BCUT2D eigenvalue weighted by Gasteiger charge is -2.14. The van der Waals surface area contributed by atoms with Crippen molar-refractivity contribution in [2.75, 3.05) is 16.8 Å². The molecule has 0 spiro atoms. The third-order valence-corrected chi connectivity index (χ3v) is 6.47. The quantitative estimate of drug-likeness (QED) is 0.443. The van der Waals surface area contributed by atoms with Crippen molar-refractivity contribution >= 4 is 56.3 Å². The number of anilines is 3. The molecule has 3 aromatic rings. The summed E-state index contributed by atoms with van der Waals surface area (Å²) < 4.78 is 41.2. The number of thiazole rings is 1. The van der Waals surface area contributed by atoms with Gasteiger partial charge in [-0.3, -0.25) is 9.69 Å². The van der Waals surface area contributed by atoms with Gasteiger partial charge in [-0.1, -0.05) is 23.1 Å². The second-order valence-corrected chi connectivity index (χ2v) is 8.78. The molecule has 7 nitrogen and oxygen atoms in total. The summed E-state index contributed by atoms with van der Waals surface area (Å²) in [6.07, 6.45) is -4.72. The smallest absolute Gasteiger partial charge is 0.406 e. The Hall–Kier alpha value is -2.38. The fourth-order valence-corrected chi connectivity index (χ4v) is 5.00. The number of benzene rings is 1. The van der Waals surface area contributed by atoms with Crippen molar-refractivity contribution < 1.29 is 22.7 Å². The van der Waals surface area contributed by atoms with Gasteiger partial charge >= 0.3 is 6.36 Å². The topological polar surface area (TPSA) is 80.2 Å². The average molecular weight is 476 g/mol. The number of nitrogens with one attached hydrogen (secondary N) is 1. The molecule has 2 aromatic heterocycles. The van der Waals surface area contributed by atoms with E-state index in [-0.39, 0.29) is 11.7 Å². The second-order valence-electron chi connectivity index (χ2n) is 5.74. The van der Waals surface area contributed by atoms with Crippen LogP contribution < -0.4 is 15.0 Å². The van der Waals surface area contributed by atoms with Crippen LogP contribution in [-0.4, -0.2) is 34.0 Å². The molecular weight excluding hydrogens is 459 g/mol. The van der Waals surface area contributed by atoms with Gasteiger partial charge in [-0.2, -0.15) is 0 Å². The summed E-state index contributed by atoms with van der Waals surface area (Å²) in [4.78, 5) is 17.7. The first-order valence-corrected chi connectivity index (χ1v) is 11.2. The van der Waals surface area contributed by atoms with Crippen LogP contribution in [0.4, 0.5) is 29.1 Å². The maximum atomic E-state index is 12.2. The normalized spacial score (nSPS) is 11.4. The molecule has 1 amide bonds. The van der Waals surface area contributed by atoms with Crippen LogP contribution in [0.3, 0.4) is 0 Å². The van der Waals surface area contributed by atoms with E-state index in [1.54, 1.807) is 4.90 Å². The second kappa shape index (κ2) is 9.62. The summed E-state index contributed by atoms with van der Waals surface area (Å²) in [5.74, 6) is 0.226. The lowest BCUT2D eigenvalue weighted by atomic mass is 10.3. The Kier molecular flexibility index (Phi) is 7.15. The highest BCUT2D eigenvalue weighted by Gasteiger charge is 2.30. The first kappa shape index (κ1) is 22.3. The SMILES string of the molecule is CCN(C(C)=O)c1nc(CSc2nnc(Nc3ccc(OC(F)(F)F)cc3)s2)cs1. The van der Waals surface area contributed by atoms with E-state index in [0.29, 0.717) is 32.6 Å². The fraction of sp³-hybridized carbons (Fsp3) is 0.294. The number of thioether (sulfide) groups is 1. The molecule has 0 saturated carbocycles.